The Hall–Kier alpha value is -3.16. The first-order valence-corrected chi connectivity index (χ1v) is 19.5. The molecule has 1 heterocycles. The average Bonchev–Trinajstić information content (AvgIpc) is 3.58. The van der Waals surface area contributed by atoms with Crippen molar-refractivity contribution < 1.29 is 9.59 Å². The van der Waals surface area contributed by atoms with Gasteiger partial charge in [0, 0.05) is 35.6 Å². The number of carbonyl (C=O) groups is 2. The monoisotopic (exact) mass is 719 g/mol. The van der Waals surface area contributed by atoms with Gasteiger partial charge in [0.1, 0.15) is 0 Å². The van der Waals surface area contributed by atoms with E-state index in [0.29, 0.717) is 24.7 Å². The lowest BCUT2D eigenvalue weighted by atomic mass is 9.68. The van der Waals surface area contributed by atoms with Crippen LogP contribution in [0.3, 0.4) is 0 Å². The minimum atomic E-state index is -0.120. The number of aryl methyl sites for hydroxylation is 1. The predicted octanol–water partition coefficient (Wildman–Crippen LogP) is 10.3. The van der Waals surface area contributed by atoms with Crippen molar-refractivity contribution >= 4 is 23.4 Å². The van der Waals surface area contributed by atoms with Gasteiger partial charge >= 0.3 is 0 Å². The van der Waals surface area contributed by atoms with Crippen LogP contribution in [-0.2, 0) is 17.9 Å². The molecule has 1 aromatic heterocycles. The molecule has 2 aliphatic carbocycles. The molecule has 51 heavy (non-hydrogen) atoms. The maximum atomic E-state index is 13.7. The average molecular weight is 720 g/mol. The molecule has 0 radical (unpaired) electrons. The van der Waals surface area contributed by atoms with Crippen molar-refractivity contribution in [3.05, 3.63) is 75.9 Å². The molecule has 3 aromatic rings. The molecular weight excluding hydrogens is 654 g/mol. The fourth-order valence-corrected chi connectivity index (χ4v) is 7.65. The number of nitrogens with zero attached hydrogens (tertiary/aromatic N) is 2. The first kappa shape index (κ1) is 42.3. The van der Waals surface area contributed by atoms with Crippen LogP contribution in [0.25, 0.3) is 11.3 Å². The number of hydrogen-bond acceptors (Lipinski definition) is 4. The molecule has 2 saturated carbocycles. The summed E-state index contributed by atoms with van der Waals surface area (Å²) in [5, 5.41) is 11.8. The summed E-state index contributed by atoms with van der Waals surface area (Å²) in [5.74, 6) is 0.611. The van der Waals surface area contributed by atoms with Crippen molar-refractivity contribution in [3.63, 3.8) is 0 Å². The second-order valence-corrected chi connectivity index (χ2v) is 17.5. The van der Waals surface area contributed by atoms with Gasteiger partial charge in [0.25, 0.3) is 5.91 Å². The summed E-state index contributed by atoms with van der Waals surface area (Å²) >= 11 is 6.31. The number of amides is 2. The van der Waals surface area contributed by atoms with Crippen molar-refractivity contribution in [3.8, 4) is 11.3 Å². The highest BCUT2D eigenvalue weighted by molar-refractivity contribution is 6.31. The molecule has 7 nitrogen and oxygen atoms in total. The van der Waals surface area contributed by atoms with Gasteiger partial charge in [0.05, 0.1) is 12.2 Å². The van der Waals surface area contributed by atoms with Crippen LogP contribution < -0.4 is 16.4 Å². The molecule has 3 atom stereocenters. The highest BCUT2D eigenvalue weighted by Crippen LogP contribution is 2.48. The molecule has 3 unspecified atom stereocenters. The first-order chi connectivity index (χ1) is 23.9. The van der Waals surface area contributed by atoms with E-state index in [1.807, 2.05) is 61.9 Å². The number of halogens is 1. The number of nitrogens with one attached hydrogen (secondary N) is 2. The summed E-state index contributed by atoms with van der Waals surface area (Å²) in [6.45, 7) is 22.1. The van der Waals surface area contributed by atoms with Crippen LogP contribution in [0.5, 0.6) is 0 Å². The lowest BCUT2D eigenvalue weighted by Gasteiger charge is -2.43. The summed E-state index contributed by atoms with van der Waals surface area (Å²) in [6, 6.07) is 16.1. The zero-order chi connectivity index (χ0) is 38.0. The van der Waals surface area contributed by atoms with Crippen molar-refractivity contribution in [2.75, 3.05) is 0 Å². The number of rotatable bonds is 10. The van der Waals surface area contributed by atoms with Crippen molar-refractivity contribution in [2.45, 2.75) is 152 Å². The summed E-state index contributed by atoms with van der Waals surface area (Å²) in [4.78, 5) is 24.3. The van der Waals surface area contributed by atoms with E-state index in [9.17, 15) is 9.59 Å². The Labute approximate surface area is 313 Å². The molecule has 8 heteroatoms. The number of carbonyl (C=O) groups excluding carboxylic acids is 2. The number of hydrogen-bond donors (Lipinski definition) is 3. The Morgan fingerprint density at radius 2 is 1.63 bits per heavy atom. The van der Waals surface area contributed by atoms with Gasteiger partial charge < -0.3 is 16.4 Å². The van der Waals surface area contributed by atoms with Crippen LogP contribution in [0.15, 0.2) is 48.5 Å². The van der Waals surface area contributed by atoms with E-state index in [2.05, 4.69) is 64.3 Å². The van der Waals surface area contributed by atoms with Crippen LogP contribution in [-0.4, -0.2) is 33.2 Å². The van der Waals surface area contributed by atoms with Gasteiger partial charge in [-0.2, -0.15) is 5.10 Å². The lowest BCUT2D eigenvalue weighted by Crippen LogP contribution is -2.53. The van der Waals surface area contributed by atoms with Gasteiger partial charge in [-0.05, 0) is 91.7 Å². The van der Waals surface area contributed by atoms with E-state index in [1.165, 1.54) is 32.1 Å². The molecule has 0 spiro atoms. The Morgan fingerprint density at radius 3 is 2.10 bits per heavy atom. The van der Waals surface area contributed by atoms with Crippen LogP contribution in [0.2, 0.25) is 5.02 Å². The third kappa shape index (κ3) is 12.8. The first-order valence-electron chi connectivity index (χ1n) is 19.1. The maximum Gasteiger partial charge on any atom is 0.272 e. The number of nitrogens with two attached hydrogens (primary N) is 1. The molecule has 2 aromatic carbocycles. The Morgan fingerprint density at radius 1 is 1.02 bits per heavy atom. The van der Waals surface area contributed by atoms with Crippen molar-refractivity contribution in [1.29, 1.82) is 0 Å². The molecule has 5 rings (SSSR count). The zero-order valence-electron chi connectivity index (χ0n) is 33.2. The molecule has 4 N–H and O–H groups in total. The van der Waals surface area contributed by atoms with Gasteiger partial charge in [0.15, 0.2) is 5.69 Å². The topological polar surface area (TPSA) is 102 Å². The van der Waals surface area contributed by atoms with Crippen LogP contribution >= 0.6 is 11.6 Å². The molecule has 282 valence electrons. The fourth-order valence-electron chi connectivity index (χ4n) is 7.53. The quantitative estimate of drug-likeness (QED) is 0.194. The third-order valence-corrected chi connectivity index (χ3v) is 10.7. The van der Waals surface area contributed by atoms with E-state index in [1.54, 1.807) is 6.92 Å². The Bertz CT molecular complexity index is 1560. The van der Waals surface area contributed by atoms with Crippen LogP contribution in [0.1, 0.15) is 147 Å². The van der Waals surface area contributed by atoms with Crippen molar-refractivity contribution in [1.82, 2.24) is 20.4 Å². The van der Waals surface area contributed by atoms with E-state index < -0.39 is 0 Å². The molecule has 2 aliphatic rings. The predicted molar refractivity (Wildman–Crippen MR) is 214 cm³/mol. The molecule has 2 amide bonds. The van der Waals surface area contributed by atoms with E-state index in [0.717, 1.165) is 58.7 Å². The van der Waals surface area contributed by atoms with E-state index in [-0.39, 0.29) is 34.2 Å². The SMILES string of the molecule is C1CCC1.CCCC(C)(C)NC(C)=O.Cc1cc(-c2cc(C(=O)NC(C(C)(C)C)C3(C)CCC(C)C3)nn2Cc2ccc(CN)cc2)ccc1Cl. The largest absolute Gasteiger partial charge is 0.351 e. The van der Waals surface area contributed by atoms with Crippen LogP contribution in [0, 0.1) is 23.7 Å². The normalized spacial score (nSPS) is 19.1. The Balaban J connectivity index is 0.000000419. The number of aromatic nitrogens is 2. The maximum absolute atomic E-state index is 13.7. The van der Waals surface area contributed by atoms with Gasteiger partial charge in [-0.25, -0.2) is 0 Å². The smallest absolute Gasteiger partial charge is 0.272 e. The second-order valence-electron chi connectivity index (χ2n) is 17.1. The van der Waals surface area contributed by atoms with Gasteiger partial charge in [-0.15, -0.1) is 0 Å². The Kier molecular flexibility index (Phi) is 15.4. The highest BCUT2D eigenvalue weighted by atomic mass is 35.5. The van der Waals surface area contributed by atoms with Gasteiger partial charge in [0.2, 0.25) is 5.91 Å². The standard InChI is InChI=1S/C31H41ClN4O.C8H17NO.C4H8/c1-20-13-14-31(6,17-20)29(30(3,4)5)34-28(37)26-16-27(24-11-12-25(32)21(2)15-24)36(35-26)19-23-9-7-22(18-33)8-10-23;1-5-6-8(3,4)9-7(2)10;1-2-4-3-1/h7-12,15-16,20,29H,13-14,17-19,33H2,1-6H3,(H,34,37);5-6H2,1-4H3,(H,9,10);1-4H2. The fraction of sp³-hybridized carbons (Fsp3) is 0.605. The summed E-state index contributed by atoms with van der Waals surface area (Å²) < 4.78 is 1.92. The van der Waals surface area contributed by atoms with E-state index in [4.69, 9.17) is 22.4 Å². The number of benzene rings is 2. The summed E-state index contributed by atoms with van der Waals surface area (Å²) in [6.07, 6.45) is 11.6. The van der Waals surface area contributed by atoms with Crippen molar-refractivity contribution in [2.24, 2.45) is 22.5 Å². The third-order valence-electron chi connectivity index (χ3n) is 10.3. The molecule has 0 aliphatic heterocycles. The van der Waals surface area contributed by atoms with Gasteiger partial charge in [-0.1, -0.05) is 122 Å². The lowest BCUT2D eigenvalue weighted by molar-refractivity contribution is -0.120. The highest BCUT2D eigenvalue weighted by Gasteiger charge is 2.46. The molecule has 0 bridgehead atoms. The molecule has 0 saturated heterocycles. The second kappa shape index (κ2) is 18.6. The molecular formula is C43H66ClN5O2. The molecule has 2 fully saturated rings. The van der Waals surface area contributed by atoms with Gasteiger partial charge in [-0.3, -0.25) is 14.3 Å². The van der Waals surface area contributed by atoms with Crippen LogP contribution in [0.4, 0.5) is 0 Å². The minimum absolute atomic E-state index is 0.0272. The van der Waals surface area contributed by atoms with E-state index >= 15 is 0 Å². The summed E-state index contributed by atoms with van der Waals surface area (Å²) in [5.41, 5.74) is 11.2. The zero-order valence-corrected chi connectivity index (χ0v) is 34.0. The summed E-state index contributed by atoms with van der Waals surface area (Å²) in [7, 11) is 0. The minimum Gasteiger partial charge on any atom is -0.351 e.